The number of halogens is 1. The molecule has 4 N–H and O–H groups in total. The van der Waals surface area contributed by atoms with Crippen molar-refractivity contribution in [3.63, 3.8) is 0 Å². The Hall–Kier alpha value is -1.09. The van der Waals surface area contributed by atoms with E-state index in [2.05, 4.69) is 9.99 Å². The Labute approximate surface area is 110 Å². The third kappa shape index (κ3) is 6.58. The molecule has 0 aliphatic rings. The Bertz CT molecular complexity index is 299. The minimum Gasteiger partial charge on any atom is -0.394 e. The zero-order valence-corrected chi connectivity index (χ0v) is 10.8. The molecule has 0 radical (unpaired) electrons. The van der Waals surface area contributed by atoms with Gasteiger partial charge in [-0.2, -0.15) is 0 Å². The zero-order chi connectivity index (χ0) is 15.0. The van der Waals surface area contributed by atoms with E-state index in [9.17, 15) is 19.4 Å². The van der Waals surface area contributed by atoms with E-state index in [1.54, 1.807) is 13.8 Å². The van der Waals surface area contributed by atoms with Crippen LogP contribution in [0, 0.1) is 5.92 Å². The summed E-state index contributed by atoms with van der Waals surface area (Å²) in [6.07, 6.45) is -7.03. The van der Waals surface area contributed by atoms with Gasteiger partial charge in [0.1, 0.15) is 18.3 Å². The van der Waals surface area contributed by atoms with Crippen molar-refractivity contribution in [3.05, 3.63) is 0 Å². The van der Waals surface area contributed by atoms with Gasteiger partial charge in [-0.05, 0) is 0 Å². The summed E-state index contributed by atoms with van der Waals surface area (Å²) < 4.78 is 13.3. The van der Waals surface area contributed by atoms with E-state index in [4.69, 9.17) is 10.2 Å². The maximum atomic E-state index is 13.3. The quantitative estimate of drug-likeness (QED) is 0.306. The van der Waals surface area contributed by atoms with Crippen LogP contribution in [-0.4, -0.2) is 70.1 Å². The fraction of sp³-hybridized carbons (Fsp3) is 0.818. The topological polar surface area (TPSA) is 120 Å². The molecule has 7 nitrogen and oxygen atoms in total. The molecule has 0 bridgehead atoms. The first-order chi connectivity index (χ1) is 8.81. The molecule has 0 saturated heterocycles. The number of hydrogen-bond acceptors (Lipinski definition) is 7. The van der Waals surface area contributed by atoms with E-state index in [-0.39, 0.29) is 18.3 Å². The average Bonchev–Trinajstić information content (AvgIpc) is 2.39. The smallest absolute Gasteiger partial charge is 0.175 e. The molecule has 0 spiro atoms. The van der Waals surface area contributed by atoms with E-state index < -0.39 is 31.1 Å². The van der Waals surface area contributed by atoms with Gasteiger partial charge in [0.25, 0.3) is 0 Å². The Morgan fingerprint density at radius 1 is 1.32 bits per heavy atom. The van der Waals surface area contributed by atoms with Crippen LogP contribution in [0.2, 0.25) is 0 Å². The van der Waals surface area contributed by atoms with Gasteiger partial charge in [0.2, 0.25) is 0 Å². The highest BCUT2D eigenvalue weighted by atomic mass is 19.1. The minimum absolute atomic E-state index is 0.219. The van der Waals surface area contributed by atoms with Crippen LogP contribution in [0.4, 0.5) is 4.39 Å². The molecule has 0 amide bonds. The summed E-state index contributed by atoms with van der Waals surface area (Å²) in [6.45, 7) is 2.20. The molecule has 0 rings (SSSR count). The van der Waals surface area contributed by atoms with Crippen molar-refractivity contribution >= 4 is 12.0 Å². The lowest BCUT2D eigenvalue weighted by atomic mass is 10.1. The molecule has 0 aromatic carbocycles. The molecule has 0 aliphatic heterocycles. The van der Waals surface area contributed by atoms with Gasteiger partial charge in [-0.3, -0.25) is 4.79 Å². The van der Waals surface area contributed by atoms with Crippen LogP contribution in [0.5, 0.6) is 0 Å². The molecule has 0 heterocycles. The number of Topliss-reactive ketones (excluding diaryl/α,β-unsaturated/α-hetero) is 1. The van der Waals surface area contributed by atoms with E-state index in [1.807, 2.05) is 0 Å². The van der Waals surface area contributed by atoms with Gasteiger partial charge in [0.15, 0.2) is 18.6 Å². The van der Waals surface area contributed by atoms with Crippen molar-refractivity contribution in [2.24, 2.45) is 11.1 Å². The Balaban J connectivity index is 4.15. The van der Waals surface area contributed by atoms with Crippen molar-refractivity contribution in [2.45, 2.75) is 38.3 Å². The Kier molecular flexibility index (Phi) is 8.41. The molecule has 112 valence electrons. The van der Waals surface area contributed by atoms with Gasteiger partial charge in [-0.1, -0.05) is 19.0 Å². The van der Waals surface area contributed by atoms with Gasteiger partial charge in [0.05, 0.1) is 12.8 Å². The van der Waals surface area contributed by atoms with Crippen LogP contribution in [-0.2, 0) is 9.63 Å². The molecular weight excluding hydrogens is 261 g/mol. The lowest BCUT2D eigenvalue weighted by Gasteiger charge is -2.22. The van der Waals surface area contributed by atoms with Crippen LogP contribution in [0.1, 0.15) is 13.8 Å². The molecule has 19 heavy (non-hydrogen) atoms. The largest absolute Gasteiger partial charge is 0.394 e. The van der Waals surface area contributed by atoms with Crippen LogP contribution < -0.4 is 0 Å². The molecule has 0 fully saturated rings. The van der Waals surface area contributed by atoms with E-state index in [1.165, 1.54) is 0 Å². The van der Waals surface area contributed by atoms with Crippen molar-refractivity contribution in [1.82, 2.24) is 0 Å². The molecule has 0 aromatic rings. The maximum Gasteiger partial charge on any atom is 0.175 e. The van der Waals surface area contributed by atoms with Gasteiger partial charge in [0, 0.05) is 5.92 Å². The minimum atomic E-state index is -2.11. The predicted molar refractivity (Wildman–Crippen MR) is 64.3 cm³/mol. The predicted octanol–water partition coefficient (Wildman–Crippen LogP) is -1.37. The average molecular weight is 281 g/mol. The maximum absolute atomic E-state index is 13.3. The molecular formula is C11H20FNO6. The highest BCUT2D eigenvalue weighted by Gasteiger charge is 2.30. The number of nitrogens with zero attached hydrogens (tertiary/aromatic N) is 1. The van der Waals surface area contributed by atoms with Crippen LogP contribution in [0.25, 0.3) is 0 Å². The highest BCUT2D eigenvalue weighted by Crippen LogP contribution is 2.06. The van der Waals surface area contributed by atoms with Crippen LogP contribution in [0.15, 0.2) is 5.16 Å². The molecule has 0 saturated carbocycles. The second kappa shape index (κ2) is 8.92. The molecule has 4 atom stereocenters. The standard InChI is InChI=1S/C11H20FNO6/c1-6(2)9(16)5-19-13-3-7(12)10(17)11(18)8(15)4-14/h3,6-8,10-11,14-15,17-18H,4-5H2,1-2H3/b13-3+. The lowest BCUT2D eigenvalue weighted by Crippen LogP contribution is -2.44. The number of alkyl halides is 1. The molecule has 0 aliphatic carbocycles. The van der Waals surface area contributed by atoms with Gasteiger partial charge in [-0.15, -0.1) is 0 Å². The van der Waals surface area contributed by atoms with Crippen LogP contribution in [0.3, 0.4) is 0 Å². The molecule has 0 aromatic heterocycles. The first kappa shape index (κ1) is 17.9. The van der Waals surface area contributed by atoms with E-state index >= 15 is 0 Å². The van der Waals surface area contributed by atoms with Crippen molar-refractivity contribution in [2.75, 3.05) is 13.2 Å². The summed E-state index contributed by atoms with van der Waals surface area (Å²) >= 11 is 0. The number of oxime groups is 1. The van der Waals surface area contributed by atoms with Gasteiger partial charge in [-0.25, -0.2) is 4.39 Å². The number of ketones is 1. The Morgan fingerprint density at radius 3 is 2.37 bits per heavy atom. The number of hydrogen-bond donors (Lipinski definition) is 4. The number of aliphatic hydroxyl groups is 4. The van der Waals surface area contributed by atoms with Gasteiger partial charge < -0.3 is 25.3 Å². The van der Waals surface area contributed by atoms with Crippen molar-refractivity contribution in [1.29, 1.82) is 0 Å². The number of carbonyl (C=O) groups excluding carboxylic acids is 1. The normalized spacial score (nSPS) is 18.3. The first-order valence-electron chi connectivity index (χ1n) is 5.78. The number of aliphatic hydroxyl groups excluding tert-OH is 4. The number of rotatable bonds is 9. The second-order valence-corrected chi connectivity index (χ2v) is 4.32. The summed E-state index contributed by atoms with van der Waals surface area (Å²) in [5.41, 5.74) is 0. The first-order valence-corrected chi connectivity index (χ1v) is 5.78. The summed E-state index contributed by atoms with van der Waals surface area (Å²) in [5.74, 6) is -0.452. The monoisotopic (exact) mass is 281 g/mol. The Morgan fingerprint density at radius 2 is 1.89 bits per heavy atom. The summed E-state index contributed by atoms with van der Waals surface area (Å²) in [7, 11) is 0. The zero-order valence-electron chi connectivity index (χ0n) is 10.8. The van der Waals surface area contributed by atoms with E-state index in [0.29, 0.717) is 6.21 Å². The van der Waals surface area contributed by atoms with Crippen molar-refractivity contribution < 1.29 is 34.4 Å². The summed E-state index contributed by atoms with van der Waals surface area (Å²) in [6, 6.07) is 0. The number of carbonyl (C=O) groups is 1. The fourth-order valence-electron chi connectivity index (χ4n) is 0.981. The second-order valence-electron chi connectivity index (χ2n) is 4.32. The highest BCUT2D eigenvalue weighted by molar-refractivity contribution is 5.81. The molecule has 4 unspecified atom stereocenters. The summed E-state index contributed by atoms with van der Waals surface area (Å²) in [5, 5.41) is 39.2. The van der Waals surface area contributed by atoms with Crippen LogP contribution >= 0.6 is 0 Å². The summed E-state index contributed by atoms with van der Waals surface area (Å²) in [4.78, 5) is 15.6. The van der Waals surface area contributed by atoms with Gasteiger partial charge >= 0.3 is 0 Å². The SMILES string of the molecule is CC(C)C(=O)CO/N=C/C(F)C(O)C(O)C(O)CO. The third-order valence-corrected chi connectivity index (χ3v) is 2.39. The van der Waals surface area contributed by atoms with E-state index in [0.717, 1.165) is 0 Å². The lowest BCUT2D eigenvalue weighted by molar-refractivity contribution is -0.126. The molecule has 8 heteroatoms. The third-order valence-electron chi connectivity index (χ3n) is 2.39. The van der Waals surface area contributed by atoms with Crippen molar-refractivity contribution in [3.8, 4) is 0 Å². The fourth-order valence-corrected chi connectivity index (χ4v) is 0.981.